The smallest absolute Gasteiger partial charge is 0.236 e. The molecule has 0 radical (unpaired) electrons. The van der Waals surface area contributed by atoms with E-state index in [9.17, 15) is 10.1 Å². The lowest BCUT2D eigenvalue weighted by Crippen LogP contribution is -2.41. The van der Waals surface area contributed by atoms with E-state index in [1.165, 1.54) is 17.3 Å². The second kappa shape index (κ2) is 12.6. The van der Waals surface area contributed by atoms with E-state index in [4.69, 9.17) is 15.7 Å². The zero-order valence-corrected chi connectivity index (χ0v) is 21.8. The van der Waals surface area contributed by atoms with Crippen LogP contribution in [0.1, 0.15) is 47.2 Å². The number of carbonyl (C=O) groups is 1. The van der Waals surface area contributed by atoms with Gasteiger partial charge in [0.2, 0.25) is 5.91 Å². The lowest BCUT2D eigenvalue weighted by atomic mass is 9.91. The monoisotopic (exact) mass is 507 g/mol. The Labute approximate surface area is 216 Å². The van der Waals surface area contributed by atoms with Crippen molar-refractivity contribution in [2.24, 2.45) is 10.9 Å². The molecule has 190 valence electrons. The highest BCUT2D eigenvalue weighted by atomic mass is 32.2. The fourth-order valence-corrected chi connectivity index (χ4v) is 5.04. The van der Waals surface area contributed by atoms with Crippen LogP contribution in [-0.2, 0) is 17.8 Å². The minimum Gasteiger partial charge on any atom is -0.490 e. The normalized spacial score (nSPS) is 13.3. The van der Waals surface area contributed by atoms with Gasteiger partial charge in [-0.3, -0.25) is 4.79 Å². The molecule has 9 heteroatoms. The van der Waals surface area contributed by atoms with Crippen LogP contribution in [-0.4, -0.2) is 53.3 Å². The number of hydrogen-bond acceptors (Lipinski definition) is 8. The number of rotatable bonds is 9. The maximum absolute atomic E-state index is 12.5. The molecule has 0 spiro atoms. The van der Waals surface area contributed by atoms with Crippen molar-refractivity contribution in [3.63, 3.8) is 0 Å². The SMILES string of the molecule is C=C(S/C(=N\N)c1ccc(OC(C)C)c(C#N)c1)c1ccc2c(c1C)CCN(C(=O)CNCCO)C2. The Morgan fingerprint density at radius 2 is 2.17 bits per heavy atom. The molecule has 0 bridgehead atoms. The van der Waals surface area contributed by atoms with E-state index >= 15 is 0 Å². The molecular formula is C27H33N5O3S. The van der Waals surface area contributed by atoms with Crippen molar-refractivity contribution in [3.8, 4) is 11.8 Å². The molecule has 2 aromatic carbocycles. The summed E-state index contributed by atoms with van der Waals surface area (Å²) in [6.07, 6.45) is 0.721. The summed E-state index contributed by atoms with van der Waals surface area (Å²) in [5, 5.41) is 25.9. The standard InChI is InChI=1S/C27H33N5O3S/c1-17(2)35-25-8-6-20(13-22(25)14-28)27(31-29)36-19(4)23-7-5-21-16-32(11-9-24(21)18(23)3)26(34)15-30-10-12-33/h5-8,13,17,30,33H,4,9-12,15-16,29H2,1-3H3/b31-27-. The third-order valence-electron chi connectivity index (χ3n) is 5.95. The van der Waals surface area contributed by atoms with E-state index in [0.717, 1.165) is 33.6 Å². The van der Waals surface area contributed by atoms with Gasteiger partial charge in [0.1, 0.15) is 16.9 Å². The highest BCUT2D eigenvalue weighted by Crippen LogP contribution is 2.35. The molecule has 1 heterocycles. The molecule has 3 rings (SSSR count). The molecule has 1 amide bonds. The van der Waals surface area contributed by atoms with Crippen LogP contribution >= 0.6 is 11.8 Å². The molecule has 2 aromatic rings. The first kappa shape index (κ1) is 27.3. The highest BCUT2D eigenvalue weighted by Gasteiger charge is 2.23. The summed E-state index contributed by atoms with van der Waals surface area (Å²) < 4.78 is 5.71. The molecule has 0 saturated carbocycles. The molecule has 0 atom stereocenters. The number of benzene rings is 2. The zero-order valence-electron chi connectivity index (χ0n) is 21.0. The second-order valence-electron chi connectivity index (χ2n) is 8.79. The van der Waals surface area contributed by atoms with Crippen LogP contribution in [0.15, 0.2) is 42.0 Å². The third-order valence-corrected chi connectivity index (χ3v) is 6.95. The molecule has 4 N–H and O–H groups in total. The van der Waals surface area contributed by atoms with Crippen LogP contribution < -0.4 is 15.9 Å². The third kappa shape index (κ3) is 6.46. The fraction of sp³-hybridized carbons (Fsp3) is 0.370. The number of thioether (sulfide) groups is 1. The Balaban J connectivity index is 1.75. The van der Waals surface area contributed by atoms with Gasteiger partial charge in [-0.25, -0.2) is 0 Å². The molecule has 0 saturated heterocycles. The Morgan fingerprint density at radius 3 is 2.83 bits per heavy atom. The highest BCUT2D eigenvalue weighted by molar-refractivity contribution is 8.22. The van der Waals surface area contributed by atoms with Gasteiger partial charge >= 0.3 is 0 Å². The van der Waals surface area contributed by atoms with Crippen LogP contribution in [0.4, 0.5) is 0 Å². The summed E-state index contributed by atoms with van der Waals surface area (Å²) in [6.45, 7) is 12.0. The van der Waals surface area contributed by atoms with Crippen molar-refractivity contribution >= 4 is 27.6 Å². The second-order valence-corrected chi connectivity index (χ2v) is 9.87. The van der Waals surface area contributed by atoms with Crippen LogP contribution in [0.25, 0.3) is 4.91 Å². The molecule has 36 heavy (non-hydrogen) atoms. The van der Waals surface area contributed by atoms with E-state index in [1.54, 1.807) is 12.1 Å². The van der Waals surface area contributed by atoms with Gasteiger partial charge in [0.05, 0.1) is 24.8 Å². The number of nitrogens with two attached hydrogens (primary N) is 1. The van der Waals surface area contributed by atoms with E-state index in [1.807, 2.05) is 30.9 Å². The van der Waals surface area contributed by atoms with E-state index in [-0.39, 0.29) is 25.2 Å². The van der Waals surface area contributed by atoms with Crippen LogP contribution in [0.2, 0.25) is 0 Å². The van der Waals surface area contributed by atoms with Crippen molar-refractivity contribution in [1.82, 2.24) is 10.2 Å². The lowest BCUT2D eigenvalue weighted by Gasteiger charge is -2.31. The molecule has 0 fully saturated rings. The number of amides is 1. The predicted octanol–water partition coefficient (Wildman–Crippen LogP) is 3.14. The van der Waals surface area contributed by atoms with Gasteiger partial charge in [0.15, 0.2) is 0 Å². The topological polar surface area (TPSA) is 124 Å². The summed E-state index contributed by atoms with van der Waals surface area (Å²) in [5.74, 6) is 6.29. The van der Waals surface area contributed by atoms with Gasteiger partial charge in [-0.2, -0.15) is 10.4 Å². The Hall–Kier alpha value is -3.32. The Morgan fingerprint density at radius 1 is 1.39 bits per heavy atom. The number of nitrogens with zero attached hydrogens (tertiary/aromatic N) is 3. The van der Waals surface area contributed by atoms with Crippen molar-refractivity contribution < 1.29 is 14.6 Å². The van der Waals surface area contributed by atoms with Crippen molar-refractivity contribution in [1.29, 1.82) is 5.26 Å². The summed E-state index contributed by atoms with van der Waals surface area (Å²) in [4.78, 5) is 15.1. The number of ether oxygens (including phenoxy) is 1. The van der Waals surface area contributed by atoms with Gasteiger partial charge < -0.3 is 25.9 Å². The summed E-state index contributed by atoms with van der Waals surface area (Å²) in [7, 11) is 0. The largest absolute Gasteiger partial charge is 0.490 e. The van der Waals surface area contributed by atoms with Gasteiger partial charge in [-0.05, 0) is 67.6 Å². The number of aliphatic hydroxyl groups is 1. The van der Waals surface area contributed by atoms with Crippen molar-refractivity contribution in [2.45, 2.75) is 39.8 Å². The number of nitrogens with one attached hydrogen (secondary N) is 1. The summed E-state index contributed by atoms with van der Waals surface area (Å²) in [5.41, 5.74) is 5.63. The summed E-state index contributed by atoms with van der Waals surface area (Å²) in [6, 6.07) is 11.6. The zero-order chi connectivity index (χ0) is 26.2. The average Bonchev–Trinajstić information content (AvgIpc) is 2.87. The van der Waals surface area contributed by atoms with E-state index < -0.39 is 0 Å². The predicted molar refractivity (Wildman–Crippen MR) is 145 cm³/mol. The first-order valence-electron chi connectivity index (χ1n) is 11.9. The summed E-state index contributed by atoms with van der Waals surface area (Å²) >= 11 is 1.36. The number of hydrogen-bond donors (Lipinski definition) is 3. The van der Waals surface area contributed by atoms with Crippen LogP contribution in [0.5, 0.6) is 5.75 Å². The minimum atomic E-state index is -0.0418. The van der Waals surface area contributed by atoms with E-state index in [0.29, 0.717) is 36.0 Å². The maximum atomic E-state index is 12.5. The molecular weight excluding hydrogens is 474 g/mol. The van der Waals surface area contributed by atoms with Gasteiger partial charge in [-0.15, -0.1) is 0 Å². The first-order chi connectivity index (χ1) is 17.3. The molecule has 0 aromatic heterocycles. The molecule has 1 aliphatic heterocycles. The van der Waals surface area contributed by atoms with Crippen molar-refractivity contribution in [3.05, 3.63) is 70.3 Å². The molecule has 0 aliphatic carbocycles. The fourth-order valence-electron chi connectivity index (χ4n) is 4.18. The lowest BCUT2D eigenvalue weighted by molar-refractivity contribution is -0.131. The first-order valence-corrected chi connectivity index (χ1v) is 12.7. The average molecular weight is 508 g/mol. The number of hydrazone groups is 1. The Bertz CT molecular complexity index is 1200. The van der Waals surface area contributed by atoms with Crippen LogP contribution in [0.3, 0.4) is 0 Å². The van der Waals surface area contributed by atoms with Gasteiger partial charge in [-0.1, -0.05) is 30.5 Å². The van der Waals surface area contributed by atoms with Gasteiger partial charge in [0, 0.05) is 30.1 Å². The quantitative estimate of drug-likeness (QED) is 0.157. The molecule has 1 aliphatic rings. The molecule has 8 nitrogen and oxygen atoms in total. The molecule has 0 unspecified atom stereocenters. The number of aliphatic hydroxyl groups excluding tert-OH is 1. The van der Waals surface area contributed by atoms with Gasteiger partial charge in [0.25, 0.3) is 0 Å². The number of nitriles is 1. The van der Waals surface area contributed by atoms with Crippen LogP contribution in [0, 0.1) is 18.3 Å². The van der Waals surface area contributed by atoms with E-state index in [2.05, 4.69) is 36.1 Å². The Kier molecular flexibility index (Phi) is 9.53. The maximum Gasteiger partial charge on any atom is 0.236 e. The van der Waals surface area contributed by atoms with Crippen molar-refractivity contribution in [2.75, 3.05) is 26.2 Å². The number of fused-ring (bicyclic) bond motifs is 1. The minimum absolute atomic E-state index is 0.00785. The number of carbonyl (C=O) groups excluding carboxylic acids is 1.